The molecule has 2 amide bonds. The molecule has 0 radical (unpaired) electrons. The molecule has 0 bridgehead atoms. The second kappa shape index (κ2) is 8.77. The minimum Gasteiger partial charge on any atom is -0.495 e. The van der Waals surface area contributed by atoms with Crippen LogP contribution in [0.15, 0.2) is 42.5 Å². The van der Waals surface area contributed by atoms with Crippen molar-refractivity contribution in [3.05, 3.63) is 53.6 Å². The highest BCUT2D eigenvalue weighted by molar-refractivity contribution is 6.06. The van der Waals surface area contributed by atoms with E-state index in [9.17, 15) is 14.4 Å². The van der Waals surface area contributed by atoms with Crippen molar-refractivity contribution in [3.63, 3.8) is 0 Å². The van der Waals surface area contributed by atoms with Crippen LogP contribution >= 0.6 is 0 Å². The molecule has 1 aliphatic rings. The average Bonchev–Trinajstić information content (AvgIpc) is 3.50. The third kappa shape index (κ3) is 4.74. The predicted molar refractivity (Wildman–Crippen MR) is 109 cm³/mol. The molecular formula is C22H24N2O5. The SMILES string of the molecule is CCOC(=O)c1ccccc1NC(=O)C1CC1C(=O)Nc1cc(C)ccc1OC. The van der Waals surface area contributed by atoms with Crippen molar-refractivity contribution in [2.75, 3.05) is 24.4 Å². The number of para-hydroxylation sites is 1. The van der Waals surface area contributed by atoms with Crippen molar-refractivity contribution in [2.24, 2.45) is 11.8 Å². The fourth-order valence-electron chi connectivity index (χ4n) is 3.12. The van der Waals surface area contributed by atoms with E-state index in [4.69, 9.17) is 9.47 Å². The molecule has 2 aromatic rings. The maximum absolute atomic E-state index is 12.6. The van der Waals surface area contributed by atoms with E-state index in [0.29, 0.717) is 23.5 Å². The molecule has 2 aromatic carbocycles. The molecule has 0 aliphatic heterocycles. The average molecular weight is 396 g/mol. The van der Waals surface area contributed by atoms with Crippen LogP contribution in [0.2, 0.25) is 0 Å². The van der Waals surface area contributed by atoms with Crippen molar-refractivity contribution in [1.29, 1.82) is 0 Å². The number of amides is 2. The number of benzene rings is 2. The summed E-state index contributed by atoms with van der Waals surface area (Å²) in [6.45, 7) is 3.88. The lowest BCUT2D eigenvalue weighted by molar-refractivity contribution is -0.122. The molecule has 2 atom stereocenters. The Kier molecular flexibility index (Phi) is 6.16. The Hall–Kier alpha value is -3.35. The Morgan fingerprint density at radius 1 is 1.00 bits per heavy atom. The van der Waals surface area contributed by atoms with Crippen LogP contribution in [0, 0.1) is 18.8 Å². The van der Waals surface area contributed by atoms with Gasteiger partial charge in [-0.25, -0.2) is 4.79 Å². The van der Waals surface area contributed by atoms with Crippen LogP contribution in [0.1, 0.15) is 29.3 Å². The Labute approximate surface area is 169 Å². The van der Waals surface area contributed by atoms with Gasteiger partial charge in [-0.3, -0.25) is 9.59 Å². The van der Waals surface area contributed by atoms with Gasteiger partial charge in [0.2, 0.25) is 11.8 Å². The van der Waals surface area contributed by atoms with Gasteiger partial charge in [-0.2, -0.15) is 0 Å². The standard InChI is InChI=1S/C22H24N2O5/c1-4-29-22(27)14-7-5-6-8-17(14)23-20(25)15-12-16(15)21(26)24-18-11-13(2)9-10-19(18)28-3/h5-11,15-16H,4,12H2,1-3H3,(H,23,25)(H,24,26). The van der Waals surface area contributed by atoms with Gasteiger partial charge in [0.25, 0.3) is 0 Å². The van der Waals surface area contributed by atoms with Crippen LogP contribution in [-0.2, 0) is 14.3 Å². The summed E-state index contributed by atoms with van der Waals surface area (Å²) in [4.78, 5) is 37.2. The molecule has 0 saturated heterocycles. The lowest BCUT2D eigenvalue weighted by atomic mass is 10.1. The van der Waals surface area contributed by atoms with Gasteiger partial charge in [-0.15, -0.1) is 0 Å². The van der Waals surface area contributed by atoms with Gasteiger partial charge in [-0.1, -0.05) is 18.2 Å². The van der Waals surface area contributed by atoms with E-state index in [2.05, 4.69) is 10.6 Å². The van der Waals surface area contributed by atoms with Crippen LogP contribution in [0.25, 0.3) is 0 Å². The molecule has 152 valence electrons. The van der Waals surface area contributed by atoms with E-state index in [1.54, 1.807) is 37.3 Å². The predicted octanol–water partition coefficient (Wildman–Crippen LogP) is 3.39. The molecule has 1 aliphatic carbocycles. The highest BCUT2D eigenvalue weighted by Gasteiger charge is 2.48. The Bertz CT molecular complexity index is 941. The van der Waals surface area contributed by atoms with Gasteiger partial charge >= 0.3 is 5.97 Å². The first-order chi connectivity index (χ1) is 13.9. The Morgan fingerprint density at radius 3 is 2.31 bits per heavy atom. The number of rotatable bonds is 7. The molecule has 1 fully saturated rings. The van der Waals surface area contributed by atoms with Gasteiger partial charge in [0.1, 0.15) is 5.75 Å². The van der Waals surface area contributed by atoms with Crippen LogP contribution in [0.4, 0.5) is 11.4 Å². The van der Waals surface area contributed by atoms with Crippen LogP contribution in [0.5, 0.6) is 5.75 Å². The van der Waals surface area contributed by atoms with Gasteiger partial charge < -0.3 is 20.1 Å². The fourth-order valence-corrected chi connectivity index (χ4v) is 3.12. The summed E-state index contributed by atoms with van der Waals surface area (Å²) < 4.78 is 10.3. The Morgan fingerprint density at radius 2 is 1.66 bits per heavy atom. The number of hydrogen-bond acceptors (Lipinski definition) is 5. The minimum absolute atomic E-state index is 0.229. The monoisotopic (exact) mass is 396 g/mol. The van der Waals surface area contributed by atoms with E-state index >= 15 is 0 Å². The highest BCUT2D eigenvalue weighted by atomic mass is 16.5. The lowest BCUT2D eigenvalue weighted by Gasteiger charge is -2.12. The molecule has 7 heteroatoms. The third-order valence-corrected chi connectivity index (χ3v) is 4.76. The summed E-state index contributed by atoms with van der Waals surface area (Å²) >= 11 is 0. The molecule has 3 rings (SSSR count). The lowest BCUT2D eigenvalue weighted by Crippen LogP contribution is -2.22. The van der Waals surface area contributed by atoms with Crippen LogP contribution < -0.4 is 15.4 Å². The maximum Gasteiger partial charge on any atom is 0.340 e. The summed E-state index contributed by atoms with van der Waals surface area (Å²) in [5.41, 5.74) is 2.23. The summed E-state index contributed by atoms with van der Waals surface area (Å²) in [6.07, 6.45) is 0.452. The van der Waals surface area contributed by atoms with Crippen molar-refractivity contribution in [3.8, 4) is 5.75 Å². The van der Waals surface area contributed by atoms with Crippen molar-refractivity contribution in [1.82, 2.24) is 0 Å². The molecular weight excluding hydrogens is 372 g/mol. The van der Waals surface area contributed by atoms with Crippen LogP contribution in [-0.4, -0.2) is 31.5 Å². The molecule has 0 aromatic heterocycles. The second-order valence-corrected chi connectivity index (χ2v) is 6.90. The number of esters is 1. The largest absolute Gasteiger partial charge is 0.495 e. The highest BCUT2D eigenvalue weighted by Crippen LogP contribution is 2.41. The summed E-state index contributed by atoms with van der Waals surface area (Å²) in [7, 11) is 1.54. The van der Waals surface area contributed by atoms with Crippen molar-refractivity contribution < 1.29 is 23.9 Å². The number of hydrogen-bond donors (Lipinski definition) is 2. The molecule has 29 heavy (non-hydrogen) atoms. The first kappa shape index (κ1) is 20.4. The van der Waals surface area contributed by atoms with Gasteiger partial charge in [0, 0.05) is 0 Å². The zero-order valence-corrected chi connectivity index (χ0v) is 16.7. The normalized spacial score (nSPS) is 17.2. The molecule has 2 unspecified atom stereocenters. The smallest absolute Gasteiger partial charge is 0.340 e. The van der Waals surface area contributed by atoms with Crippen molar-refractivity contribution >= 4 is 29.2 Å². The number of methoxy groups -OCH3 is 1. The molecule has 0 heterocycles. The Balaban J connectivity index is 1.64. The first-order valence-electron chi connectivity index (χ1n) is 9.47. The quantitative estimate of drug-likeness (QED) is 0.700. The molecule has 1 saturated carbocycles. The summed E-state index contributed by atoms with van der Waals surface area (Å²) in [5, 5.41) is 5.59. The second-order valence-electron chi connectivity index (χ2n) is 6.90. The van der Waals surface area contributed by atoms with Crippen LogP contribution in [0.3, 0.4) is 0 Å². The first-order valence-corrected chi connectivity index (χ1v) is 9.47. The number of carbonyl (C=O) groups is 3. The third-order valence-electron chi connectivity index (χ3n) is 4.76. The number of ether oxygens (including phenoxy) is 2. The van der Waals surface area contributed by atoms with Gasteiger partial charge in [-0.05, 0) is 50.1 Å². The molecule has 2 N–H and O–H groups in total. The summed E-state index contributed by atoms with van der Waals surface area (Å²) in [5.74, 6) is -1.32. The number of anilines is 2. The molecule has 0 spiro atoms. The summed E-state index contributed by atoms with van der Waals surface area (Å²) in [6, 6.07) is 12.2. The maximum atomic E-state index is 12.6. The zero-order valence-electron chi connectivity index (χ0n) is 16.7. The van der Waals surface area contributed by atoms with E-state index in [1.165, 1.54) is 7.11 Å². The van der Waals surface area contributed by atoms with E-state index in [1.807, 2.05) is 19.1 Å². The zero-order chi connectivity index (χ0) is 21.0. The van der Waals surface area contributed by atoms with Crippen molar-refractivity contribution in [2.45, 2.75) is 20.3 Å². The van der Waals surface area contributed by atoms with Gasteiger partial charge in [0.05, 0.1) is 42.5 Å². The minimum atomic E-state index is -0.500. The topological polar surface area (TPSA) is 93.7 Å². The fraction of sp³-hybridized carbons (Fsp3) is 0.318. The molecule has 7 nitrogen and oxygen atoms in total. The number of aryl methyl sites for hydroxylation is 1. The number of carbonyl (C=O) groups excluding carboxylic acids is 3. The van der Waals surface area contributed by atoms with E-state index in [0.717, 1.165) is 5.56 Å². The number of nitrogens with one attached hydrogen (secondary N) is 2. The van der Waals surface area contributed by atoms with E-state index in [-0.39, 0.29) is 24.0 Å². The van der Waals surface area contributed by atoms with Gasteiger partial charge in [0.15, 0.2) is 0 Å². The van der Waals surface area contributed by atoms with E-state index < -0.39 is 17.8 Å².